The van der Waals surface area contributed by atoms with E-state index in [4.69, 9.17) is 15.2 Å². The third kappa shape index (κ3) is 4.79. The van der Waals surface area contributed by atoms with Crippen molar-refractivity contribution in [3.05, 3.63) is 111 Å². The number of hydrogen-bond donors (Lipinski definition) is 2. The van der Waals surface area contributed by atoms with E-state index < -0.39 is 35.9 Å². The number of Topliss-reactive ketones (excluding diaryl/α,β-unsaturated/α-hetero) is 1. The van der Waals surface area contributed by atoms with Gasteiger partial charge in [-0.3, -0.25) is 9.59 Å². The number of nitrogens with two attached hydrogens (primary N) is 1. The molecule has 0 saturated carbocycles. The van der Waals surface area contributed by atoms with E-state index in [0.29, 0.717) is 28.3 Å². The molecule has 3 aromatic carbocycles. The summed E-state index contributed by atoms with van der Waals surface area (Å²) in [5.74, 6) is -1.24. The molecule has 4 unspecified atom stereocenters. The van der Waals surface area contributed by atoms with Crippen LogP contribution in [0.5, 0.6) is 11.5 Å². The topological polar surface area (TPSA) is 111 Å². The van der Waals surface area contributed by atoms with Gasteiger partial charge in [0.2, 0.25) is 12.7 Å². The Kier molecular flexibility index (Phi) is 7.20. The highest BCUT2D eigenvalue weighted by molar-refractivity contribution is 7.10. The van der Waals surface area contributed by atoms with Gasteiger partial charge in [-0.2, -0.15) is 0 Å². The molecule has 3 heterocycles. The van der Waals surface area contributed by atoms with Crippen LogP contribution in [0.1, 0.15) is 49.4 Å². The fourth-order valence-electron chi connectivity index (χ4n) is 6.22. The van der Waals surface area contributed by atoms with Gasteiger partial charge in [0.25, 0.3) is 0 Å². The maximum absolute atomic E-state index is 14.7. The zero-order valence-electron chi connectivity index (χ0n) is 23.5. The largest absolute Gasteiger partial charge is 0.454 e. The molecule has 0 spiro atoms. The highest BCUT2D eigenvalue weighted by Gasteiger charge is 2.58. The summed E-state index contributed by atoms with van der Waals surface area (Å²) in [5.41, 5.74) is 10.6. The zero-order valence-corrected chi connectivity index (χ0v) is 24.3. The van der Waals surface area contributed by atoms with Gasteiger partial charge in [0.15, 0.2) is 17.3 Å². The molecular weight excluding hydrogens is 550 g/mol. The van der Waals surface area contributed by atoms with Crippen molar-refractivity contribution in [3.8, 4) is 11.5 Å². The molecule has 6 rings (SSSR count). The standard InChI is InChI=1S/C33H31N3O5S/c1-18-7-6-9-22(15-18)35-33(39)36-28(21-11-12-24-25(16-21)41-17-40-24)26(30(37)23-10-5-4-8-19(23)2)27(29(36)32(34)38)31-20(3)13-14-42-31/h4-16,26-29H,17H2,1-3H3,(H2,34,38)(H,35,39). The van der Waals surface area contributed by atoms with Gasteiger partial charge in [0, 0.05) is 22.0 Å². The molecule has 0 radical (unpaired) electrons. The minimum absolute atomic E-state index is 0.0769. The lowest BCUT2D eigenvalue weighted by Gasteiger charge is -2.31. The molecular formula is C33H31N3O5S. The predicted octanol–water partition coefficient (Wildman–Crippen LogP) is 6.13. The quantitative estimate of drug-likeness (QED) is 0.266. The zero-order chi connectivity index (χ0) is 29.5. The molecule has 2 aliphatic rings. The van der Waals surface area contributed by atoms with Gasteiger partial charge < -0.3 is 25.4 Å². The van der Waals surface area contributed by atoms with Crippen molar-refractivity contribution in [1.82, 2.24) is 4.90 Å². The van der Waals surface area contributed by atoms with E-state index in [0.717, 1.165) is 21.6 Å². The van der Waals surface area contributed by atoms with Crippen LogP contribution in [0.3, 0.4) is 0 Å². The summed E-state index contributed by atoms with van der Waals surface area (Å²) in [6, 6.07) is 19.7. The van der Waals surface area contributed by atoms with E-state index in [9.17, 15) is 14.4 Å². The number of rotatable bonds is 6. The average Bonchev–Trinajstić information content (AvgIpc) is 3.69. The number of aryl methyl sites for hydroxylation is 3. The van der Waals surface area contributed by atoms with Gasteiger partial charge in [0.05, 0.1) is 12.0 Å². The minimum Gasteiger partial charge on any atom is -0.454 e. The minimum atomic E-state index is -1.10. The first-order valence-electron chi connectivity index (χ1n) is 13.7. The Balaban J connectivity index is 1.57. The number of anilines is 1. The maximum atomic E-state index is 14.7. The Morgan fingerprint density at radius 2 is 1.69 bits per heavy atom. The number of hydrogen-bond acceptors (Lipinski definition) is 6. The van der Waals surface area contributed by atoms with Crippen molar-refractivity contribution in [1.29, 1.82) is 0 Å². The first kappa shape index (κ1) is 27.5. The van der Waals surface area contributed by atoms with Gasteiger partial charge in [-0.15, -0.1) is 11.3 Å². The van der Waals surface area contributed by atoms with Crippen LogP contribution in [0.4, 0.5) is 10.5 Å². The second-order valence-electron chi connectivity index (χ2n) is 10.8. The number of nitrogens with zero attached hydrogens (tertiary/aromatic N) is 1. The fourth-order valence-corrected chi connectivity index (χ4v) is 7.33. The molecule has 1 aromatic heterocycles. The Morgan fingerprint density at radius 1 is 0.905 bits per heavy atom. The monoisotopic (exact) mass is 581 g/mol. The number of amides is 3. The summed E-state index contributed by atoms with van der Waals surface area (Å²) in [6.45, 7) is 5.84. The van der Waals surface area contributed by atoms with Crippen LogP contribution in [-0.2, 0) is 4.79 Å². The lowest BCUT2D eigenvalue weighted by Crippen LogP contribution is -2.48. The molecule has 2 aliphatic heterocycles. The summed E-state index contributed by atoms with van der Waals surface area (Å²) in [6.07, 6.45) is 0. The smallest absolute Gasteiger partial charge is 0.323 e. The third-order valence-corrected chi connectivity index (χ3v) is 9.24. The Bertz CT molecular complexity index is 1700. The molecule has 42 heavy (non-hydrogen) atoms. The first-order chi connectivity index (χ1) is 20.2. The van der Waals surface area contributed by atoms with Crippen LogP contribution in [0.2, 0.25) is 0 Å². The van der Waals surface area contributed by atoms with Crippen LogP contribution >= 0.6 is 11.3 Å². The number of primary amides is 1. The van der Waals surface area contributed by atoms with Crippen molar-refractivity contribution in [2.24, 2.45) is 11.7 Å². The summed E-state index contributed by atoms with van der Waals surface area (Å²) in [4.78, 5) is 44.7. The number of urea groups is 1. The highest BCUT2D eigenvalue weighted by Crippen LogP contribution is 2.54. The van der Waals surface area contributed by atoms with Gasteiger partial charge in [0.1, 0.15) is 6.04 Å². The Morgan fingerprint density at radius 3 is 2.40 bits per heavy atom. The van der Waals surface area contributed by atoms with Crippen LogP contribution in [0, 0.1) is 26.7 Å². The lowest BCUT2D eigenvalue weighted by atomic mass is 9.77. The van der Waals surface area contributed by atoms with Gasteiger partial charge >= 0.3 is 6.03 Å². The van der Waals surface area contributed by atoms with Crippen molar-refractivity contribution >= 4 is 34.7 Å². The summed E-state index contributed by atoms with van der Waals surface area (Å²) < 4.78 is 11.2. The van der Waals surface area contributed by atoms with Crippen LogP contribution in [0.15, 0.2) is 78.2 Å². The first-order valence-corrected chi connectivity index (χ1v) is 14.6. The van der Waals surface area contributed by atoms with Crippen molar-refractivity contribution < 1.29 is 23.9 Å². The maximum Gasteiger partial charge on any atom is 0.323 e. The number of ketones is 1. The number of benzene rings is 3. The second kappa shape index (κ2) is 11.0. The molecule has 9 heteroatoms. The van der Waals surface area contributed by atoms with E-state index in [1.807, 2.05) is 74.7 Å². The number of likely N-dealkylation sites (tertiary alicyclic amines) is 1. The number of ether oxygens (including phenoxy) is 2. The Labute approximate surface area is 248 Å². The van der Waals surface area contributed by atoms with Gasteiger partial charge in [-0.1, -0.05) is 42.5 Å². The summed E-state index contributed by atoms with van der Waals surface area (Å²) >= 11 is 1.46. The SMILES string of the molecule is Cc1cccc(NC(=O)N2C(C(N)=O)C(c3sccc3C)C(C(=O)c3ccccc3C)C2c2ccc3c(c2)OCO3)c1. The molecule has 3 N–H and O–H groups in total. The molecule has 0 aliphatic carbocycles. The molecule has 8 nitrogen and oxygen atoms in total. The number of fused-ring (bicyclic) bond motifs is 1. The molecule has 0 bridgehead atoms. The van der Waals surface area contributed by atoms with E-state index in [1.165, 1.54) is 16.2 Å². The predicted molar refractivity (Wildman–Crippen MR) is 161 cm³/mol. The number of carbonyl (C=O) groups excluding carboxylic acids is 3. The molecule has 1 fully saturated rings. The number of thiophene rings is 1. The average molecular weight is 582 g/mol. The van der Waals surface area contributed by atoms with Gasteiger partial charge in [-0.05, 0) is 78.7 Å². The number of nitrogens with one attached hydrogen (secondary N) is 1. The van der Waals surface area contributed by atoms with Crippen molar-refractivity contribution in [2.75, 3.05) is 12.1 Å². The Hall–Kier alpha value is -4.63. The van der Waals surface area contributed by atoms with E-state index in [-0.39, 0.29) is 12.6 Å². The molecule has 1 saturated heterocycles. The lowest BCUT2D eigenvalue weighted by molar-refractivity contribution is -0.122. The van der Waals surface area contributed by atoms with Crippen molar-refractivity contribution in [3.63, 3.8) is 0 Å². The van der Waals surface area contributed by atoms with Crippen LogP contribution in [0.25, 0.3) is 0 Å². The second-order valence-corrected chi connectivity index (χ2v) is 11.8. The third-order valence-electron chi connectivity index (χ3n) is 8.12. The van der Waals surface area contributed by atoms with E-state index in [1.54, 1.807) is 24.3 Å². The van der Waals surface area contributed by atoms with Crippen molar-refractivity contribution in [2.45, 2.75) is 38.8 Å². The van der Waals surface area contributed by atoms with Crippen LogP contribution in [-0.4, -0.2) is 35.5 Å². The van der Waals surface area contributed by atoms with Crippen LogP contribution < -0.4 is 20.5 Å². The van der Waals surface area contributed by atoms with E-state index in [2.05, 4.69) is 5.32 Å². The summed E-state index contributed by atoms with van der Waals surface area (Å²) in [5, 5.41) is 4.90. The number of carbonyl (C=O) groups is 3. The highest BCUT2D eigenvalue weighted by atomic mass is 32.1. The van der Waals surface area contributed by atoms with Gasteiger partial charge in [-0.25, -0.2) is 4.79 Å². The summed E-state index contributed by atoms with van der Waals surface area (Å²) in [7, 11) is 0. The molecule has 3 amide bonds. The molecule has 4 atom stereocenters. The fraction of sp³-hybridized carbons (Fsp3) is 0.242. The molecule has 4 aromatic rings. The normalized spacial score (nSPS) is 20.9. The van der Waals surface area contributed by atoms with E-state index >= 15 is 0 Å². The molecule has 214 valence electrons.